The van der Waals surface area contributed by atoms with E-state index in [2.05, 4.69) is 19.2 Å². The van der Waals surface area contributed by atoms with E-state index in [1.165, 1.54) is 0 Å². The number of ketones is 1. The van der Waals surface area contributed by atoms with Crippen molar-refractivity contribution in [1.29, 1.82) is 0 Å². The molecule has 1 aliphatic carbocycles. The third-order valence-electron chi connectivity index (χ3n) is 5.04. The summed E-state index contributed by atoms with van der Waals surface area (Å²) in [5.41, 5.74) is 3.24. The first-order valence-corrected chi connectivity index (χ1v) is 10.1. The van der Waals surface area contributed by atoms with Crippen molar-refractivity contribution < 1.29 is 9.53 Å². The Kier molecular flexibility index (Phi) is 5.09. The minimum Gasteiger partial charge on any atom is -0.494 e. The van der Waals surface area contributed by atoms with Crippen LogP contribution in [-0.4, -0.2) is 22.2 Å². The summed E-state index contributed by atoms with van der Waals surface area (Å²) >= 11 is 6.05. The summed E-state index contributed by atoms with van der Waals surface area (Å²) in [7, 11) is 0. The summed E-state index contributed by atoms with van der Waals surface area (Å²) in [5.74, 6) is 1.51. The second kappa shape index (κ2) is 7.56. The van der Waals surface area contributed by atoms with E-state index >= 15 is 0 Å². The Morgan fingerprint density at radius 1 is 1.10 bits per heavy atom. The Morgan fingerprint density at radius 3 is 2.45 bits per heavy atom. The van der Waals surface area contributed by atoms with Gasteiger partial charge in [0.25, 0.3) is 0 Å². The Morgan fingerprint density at radius 2 is 1.79 bits per heavy atom. The van der Waals surface area contributed by atoms with Crippen molar-refractivity contribution in [2.75, 3.05) is 11.9 Å². The van der Waals surface area contributed by atoms with Crippen molar-refractivity contribution in [3.8, 4) is 11.4 Å². The smallest absolute Gasteiger partial charge is 0.169 e. The van der Waals surface area contributed by atoms with Crippen LogP contribution in [0.5, 0.6) is 5.75 Å². The van der Waals surface area contributed by atoms with E-state index in [4.69, 9.17) is 21.4 Å². The van der Waals surface area contributed by atoms with Gasteiger partial charge in [-0.05, 0) is 67.3 Å². The van der Waals surface area contributed by atoms with Gasteiger partial charge in [-0.1, -0.05) is 25.4 Å². The fourth-order valence-corrected chi connectivity index (χ4v) is 3.90. The number of rotatable bonds is 5. The summed E-state index contributed by atoms with van der Waals surface area (Å²) in [6.45, 7) is 6.81. The molecule has 0 fully saturated rings. The van der Waals surface area contributed by atoms with Crippen LogP contribution in [0.25, 0.3) is 5.69 Å². The molecular formula is C23H24ClN3O2. The first-order valence-electron chi connectivity index (χ1n) is 9.77. The van der Waals surface area contributed by atoms with E-state index in [9.17, 15) is 4.79 Å². The van der Waals surface area contributed by atoms with Gasteiger partial charge in [-0.25, -0.2) is 4.68 Å². The van der Waals surface area contributed by atoms with Crippen LogP contribution < -0.4 is 10.1 Å². The molecule has 1 N–H and O–H groups in total. The molecule has 2 aromatic carbocycles. The highest BCUT2D eigenvalue weighted by molar-refractivity contribution is 6.30. The molecule has 0 saturated heterocycles. The first kappa shape index (κ1) is 19.5. The van der Waals surface area contributed by atoms with Crippen LogP contribution in [-0.2, 0) is 6.42 Å². The van der Waals surface area contributed by atoms with Crippen molar-refractivity contribution in [2.24, 2.45) is 5.41 Å². The second-order valence-corrected chi connectivity index (χ2v) is 8.52. The quantitative estimate of drug-likeness (QED) is 0.576. The number of benzene rings is 2. The third-order valence-corrected chi connectivity index (χ3v) is 5.30. The molecule has 0 bridgehead atoms. The molecule has 0 radical (unpaired) electrons. The van der Waals surface area contributed by atoms with E-state index < -0.39 is 0 Å². The summed E-state index contributed by atoms with van der Waals surface area (Å²) in [4.78, 5) is 13.0. The molecule has 0 spiro atoms. The zero-order chi connectivity index (χ0) is 20.6. The average Bonchev–Trinajstić information content (AvgIpc) is 3.01. The van der Waals surface area contributed by atoms with Crippen molar-refractivity contribution in [3.63, 3.8) is 0 Å². The Labute approximate surface area is 175 Å². The van der Waals surface area contributed by atoms with Crippen molar-refractivity contribution >= 4 is 28.9 Å². The Hall–Kier alpha value is -2.79. The van der Waals surface area contributed by atoms with E-state index in [0.29, 0.717) is 29.4 Å². The number of hydrogen-bond acceptors (Lipinski definition) is 4. The lowest BCUT2D eigenvalue weighted by Crippen LogP contribution is -2.28. The number of aromatic nitrogens is 2. The highest BCUT2D eigenvalue weighted by Gasteiger charge is 2.36. The summed E-state index contributed by atoms with van der Waals surface area (Å²) in [5, 5.41) is 8.76. The van der Waals surface area contributed by atoms with Crippen LogP contribution in [0.2, 0.25) is 5.02 Å². The molecule has 4 rings (SSSR count). The average molecular weight is 410 g/mol. The maximum absolute atomic E-state index is 13.0. The number of anilines is 2. The number of Topliss-reactive ketones (excluding diaryl/α,β-unsaturated/α-hetero) is 1. The number of carbonyl (C=O) groups is 1. The molecule has 29 heavy (non-hydrogen) atoms. The van der Waals surface area contributed by atoms with E-state index in [-0.39, 0.29) is 11.2 Å². The maximum atomic E-state index is 13.0. The number of nitrogens with one attached hydrogen (secondary N) is 1. The molecular weight excluding hydrogens is 386 g/mol. The Bertz CT molecular complexity index is 1040. The third kappa shape index (κ3) is 4.01. The number of halogens is 1. The fraction of sp³-hybridized carbons (Fsp3) is 0.304. The van der Waals surface area contributed by atoms with Gasteiger partial charge in [0.1, 0.15) is 5.75 Å². The molecule has 1 heterocycles. The summed E-state index contributed by atoms with van der Waals surface area (Å²) < 4.78 is 7.36. The lowest BCUT2D eigenvalue weighted by atomic mass is 9.76. The maximum Gasteiger partial charge on any atom is 0.169 e. The fourth-order valence-electron chi connectivity index (χ4n) is 3.77. The molecule has 0 unspecified atom stereocenters. The molecule has 1 aliphatic rings. The molecule has 0 aliphatic heterocycles. The highest BCUT2D eigenvalue weighted by atomic mass is 35.5. The largest absolute Gasteiger partial charge is 0.494 e. The predicted molar refractivity (Wildman–Crippen MR) is 116 cm³/mol. The van der Waals surface area contributed by atoms with Gasteiger partial charge in [-0.2, -0.15) is 0 Å². The summed E-state index contributed by atoms with van der Waals surface area (Å²) in [6.07, 6.45) is 1.28. The molecule has 0 saturated carbocycles. The van der Waals surface area contributed by atoms with E-state index in [1.54, 1.807) is 0 Å². The van der Waals surface area contributed by atoms with E-state index in [1.807, 2.05) is 60.1 Å². The number of hydrogen-bond donors (Lipinski definition) is 1. The van der Waals surface area contributed by atoms with Gasteiger partial charge in [0.05, 0.1) is 23.6 Å². The molecule has 3 aromatic rings. The molecule has 1 aromatic heterocycles. The van der Waals surface area contributed by atoms with Gasteiger partial charge in [0.15, 0.2) is 11.6 Å². The second-order valence-electron chi connectivity index (χ2n) is 8.08. The minimum atomic E-state index is -0.106. The number of nitrogens with zero attached hydrogens (tertiary/aromatic N) is 2. The molecule has 5 nitrogen and oxygen atoms in total. The van der Waals surface area contributed by atoms with Crippen LogP contribution >= 0.6 is 11.6 Å². The minimum absolute atomic E-state index is 0.106. The van der Waals surface area contributed by atoms with Crippen LogP contribution in [0, 0.1) is 5.41 Å². The Balaban J connectivity index is 1.76. The van der Waals surface area contributed by atoms with Crippen molar-refractivity contribution in [2.45, 2.75) is 33.6 Å². The number of carbonyl (C=O) groups excluding carboxylic acids is 1. The zero-order valence-electron chi connectivity index (χ0n) is 16.8. The standard InChI is InChI=1S/C23H24ClN3O2/c1-4-29-18-11-7-16(8-12-18)25-22-21-19(13-23(2,3)14-20(21)28)27(26-22)17-9-5-15(24)6-10-17/h5-12H,4,13-14H2,1-3H3,(H,25,26). The lowest BCUT2D eigenvalue weighted by molar-refractivity contribution is 0.0912. The molecule has 150 valence electrons. The van der Waals surface area contributed by atoms with Gasteiger partial charge in [-0.15, -0.1) is 5.10 Å². The van der Waals surface area contributed by atoms with Gasteiger partial charge in [0, 0.05) is 17.1 Å². The monoisotopic (exact) mass is 409 g/mol. The first-order chi connectivity index (χ1) is 13.9. The normalized spacial score (nSPS) is 15.1. The van der Waals surface area contributed by atoms with Gasteiger partial charge >= 0.3 is 0 Å². The highest BCUT2D eigenvalue weighted by Crippen LogP contribution is 2.39. The van der Waals surface area contributed by atoms with Crippen LogP contribution in [0.1, 0.15) is 43.2 Å². The molecule has 0 amide bonds. The predicted octanol–water partition coefficient (Wildman–Crippen LogP) is 5.82. The van der Waals surface area contributed by atoms with E-state index in [0.717, 1.165) is 29.2 Å². The lowest BCUT2D eigenvalue weighted by Gasteiger charge is -2.29. The van der Waals surface area contributed by atoms with Gasteiger partial charge in [0.2, 0.25) is 0 Å². The molecule has 6 heteroatoms. The number of fused-ring (bicyclic) bond motifs is 1. The van der Waals surface area contributed by atoms with Crippen molar-refractivity contribution in [1.82, 2.24) is 9.78 Å². The molecule has 0 atom stereocenters. The van der Waals surface area contributed by atoms with Crippen LogP contribution in [0.15, 0.2) is 48.5 Å². The van der Waals surface area contributed by atoms with Crippen molar-refractivity contribution in [3.05, 3.63) is 64.8 Å². The van der Waals surface area contributed by atoms with Crippen LogP contribution in [0.4, 0.5) is 11.5 Å². The van der Waals surface area contributed by atoms with Crippen LogP contribution in [0.3, 0.4) is 0 Å². The zero-order valence-corrected chi connectivity index (χ0v) is 17.6. The topological polar surface area (TPSA) is 56.1 Å². The summed E-state index contributed by atoms with van der Waals surface area (Å²) in [6, 6.07) is 15.2. The SMILES string of the molecule is CCOc1ccc(Nc2nn(-c3ccc(Cl)cc3)c3c2C(=O)CC(C)(C)C3)cc1. The van der Waals surface area contributed by atoms with Gasteiger partial charge < -0.3 is 10.1 Å². The number of ether oxygens (including phenoxy) is 1. The van der Waals surface area contributed by atoms with Gasteiger partial charge in [-0.3, -0.25) is 4.79 Å².